The van der Waals surface area contributed by atoms with E-state index in [-0.39, 0.29) is 16.1 Å². The fourth-order valence-electron chi connectivity index (χ4n) is 2.23. The zero-order valence-electron chi connectivity index (χ0n) is 11.2. The molecule has 0 unspecified atom stereocenters. The first kappa shape index (κ1) is 13.6. The van der Waals surface area contributed by atoms with Crippen molar-refractivity contribution in [3.05, 3.63) is 28.3 Å². The minimum Gasteiger partial charge on any atom is -0.388 e. The summed E-state index contributed by atoms with van der Waals surface area (Å²) in [6.07, 6.45) is 1.79. The lowest BCUT2D eigenvalue weighted by atomic mass is 9.92. The summed E-state index contributed by atoms with van der Waals surface area (Å²) in [4.78, 5) is 10.5. The Morgan fingerprint density at radius 2 is 1.89 bits per heavy atom. The van der Waals surface area contributed by atoms with Crippen LogP contribution >= 0.6 is 0 Å². The average molecular weight is 265 g/mol. The van der Waals surface area contributed by atoms with Crippen molar-refractivity contribution in [2.45, 2.75) is 25.3 Å². The van der Waals surface area contributed by atoms with Gasteiger partial charge >= 0.3 is 0 Å². The molecule has 6 nitrogen and oxygen atoms in total. The lowest BCUT2D eigenvalue weighted by Crippen LogP contribution is -2.40. The van der Waals surface area contributed by atoms with E-state index in [1.165, 1.54) is 6.07 Å². The minimum atomic E-state index is -0.377. The third kappa shape index (κ3) is 3.35. The topological polar surface area (TPSA) is 76.4 Å². The van der Waals surface area contributed by atoms with Gasteiger partial charge in [-0.2, -0.15) is 0 Å². The van der Waals surface area contributed by atoms with Crippen molar-refractivity contribution in [1.82, 2.24) is 0 Å². The Bertz CT molecular complexity index is 470. The molecular formula is C13H19N3O3. The maximum absolute atomic E-state index is 10.9. The molecule has 6 heteroatoms. The third-order valence-electron chi connectivity index (χ3n) is 3.46. The van der Waals surface area contributed by atoms with Crippen molar-refractivity contribution in [3.8, 4) is 0 Å². The van der Waals surface area contributed by atoms with Crippen molar-refractivity contribution in [1.29, 1.82) is 0 Å². The molecule has 1 heterocycles. The van der Waals surface area contributed by atoms with E-state index in [0.29, 0.717) is 0 Å². The Hall–Kier alpha value is -1.82. The zero-order valence-corrected chi connectivity index (χ0v) is 11.2. The SMILES string of the molecule is CNc1cc(NC2(C)CCOCC2)cc([N+](=O)[O-])c1. The lowest BCUT2D eigenvalue weighted by molar-refractivity contribution is -0.384. The number of nitrogens with zero attached hydrogens (tertiary/aromatic N) is 1. The highest BCUT2D eigenvalue weighted by Crippen LogP contribution is 2.29. The van der Waals surface area contributed by atoms with Crippen molar-refractivity contribution < 1.29 is 9.66 Å². The second-order valence-electron chi connectivity index (χ2n) is 5.07. The Labute approximate surface area is 112 Å². The highest BCUT2D eigenvalue weighted by Gasteiger charge is 2.27. The normalized spacial score (nSPS) is 17.8. The number of anilines is 2. The van der Waals surface area contributed by atoms with Crippen LogP contribution in [0.1, 0.15) is 19.8 Å². The molecule has 19 heavy (non-hydrogen) atoms. The van der Waals surface area contributed by atoms with Crippen LogP contribution < -0.4 is 10.6 Å². The van der Waals surface area contributed by atoms with E-state index in [0.717, 1.165) is 37.4 Å². The van der Waals surface area contributed by atoms with Crippen molar-refractivity contribution >= 4 is 17.1 Å². The molecule has 0 saturated carbocycles. The molecule has 104 valence electrons. The van der Waals surface area contributed by atoms with E-state index in [2.05, 4.69) is 17.6 Å². The highest BCUT2D eigenvalue weighted by molar-refractivity contribution is 5.64. The van der Waals surface area contributed by atoms with Gasteiger partial charge in [0.25, 0.3) is 5.69 Å². The predicted octanol–water partition coefficient (Wildman–Crippen LogP) is 2.62. The number of ether oxygens (including phenoxy) is 1. The number of hydrogen-bond acceptors (Lipinski definition) is 5. The number of nitrogens with one attached hydrogen (secondary N) is 2. The molecule has 1 saturated heterocycles. The number of benzene rings is 1. The first-order valence-electron chi connectivity index (χ1n) is 6.36. The van der Waals surface area contributed by atoms with E-state index in [9.17, 15) is 10.1 Å². The van der Waals surface area contributed by atoms with Gasteiger partial charge in [-0.1, -0.05) is 0 Å². The fourth-order valence-corrected chi connectivity index (χ4v) is 2.23. The maximum Gasteiger partial charge on any atom is 0.273 e. The number of nitro benzene ring substituents is 1. The molecule has 0 atom stereocenters. The average Bonchev–Trinajstić information content (AvgIpc) is 2.38. The van der Waals surface area contributed by atoms with Crippen LogP contribution in [0.5, 0.6) is 0 Å². The molecule has 1 aliphatic rings. The van der Waals surface area contributed by atoms with Crippen LogP contribution in [0.4, 0.5) is 17.1 Å². The monoisotopic (exact) mass is 265 g/mol. The Kier molecular flexibility index (Phi) is 3.90. The first-order chi connectivity index (χ1) is 9.02. The summed E-state index contributed by atoms with van der Waals surface area (Å²) >= 11 is 0. The molecule has 0 radical (unpaired) electrons. The van der Waals surface area contributed by atoms with Gasteiger partial charge < -0.3 is 15.4 Å². The first-order valence-corrected chi connectivity index (χ1v) is 6.36. The van der Waals surface area contributed by atoms with E-state index >= 15 is 0 Å². The van der Waals surface area contributed by atoms with Crippen molar-refractivity contribution in [2.24, 2.45) is 0 Å². The molecular weight excluding hydrogens is 246 g/mol. The Morgan fingerprint density at radius 1 is 1.26 bits per heavy atom. The van der Waals surface area contributed by atoms with Crippen LogP contribution in [-0.4, -0.2) is 30.7 Å². The summed E-state index contributed by atoms with van der Waals surface area (Å²) in [6, 6.07) is 4.98. The molecule has 2 rings (SSSR count). The molecule has 1 aliphatic heterocycles. The van der Waals surface area contributed by atoms with Crippen LogP contribution in [0.25, 0.3) is 0 Å². The number of non-ortho nitro benzene ring substituents is 1. The van der Waals surface area contributed by atoms with Gasteiger partial charge in [0.05, 0.1) is 4.92 Å². The van der Waals surface area contributed by atoms with Gasteiger partial charge in [0.15, 0.2) is 0 Å². The molecule has 0 aromatic heterocycles. The molecule has 0 aliphatic carbocycles. The van der Waals surface area contributed by atoms with Crippen molar-refractivity contribution in [2.75, 3.05) is 30.9 Å². The van der Waals surface area contributed by atoms with Gasteiger partial charge in [-0.05, 0) is 25.8 Å². The van der Waals surface area contributed by atoms with E-state index < -0.39 is 0 Å². The minimum absolute atomic E-state index is 0.0709. The summed E-state index contributed by atoms with van der Waals surface area (Å²) in [5, 5.41) is 17.3. The quantitative estimate of drug-likeness (QED) is 0.646. The van der Waals surface area contributed by atoms with Crippen LogP contribution in [0.2, 0.25) is 0 Å². The third-order valence-corrected chi connectivity index (χ3v) is 3.46. The van der Waals surface area contributed by atoms with Gasteiger partial charge in [-0.15, -0.1) is 0 Å². The van der Waals surface area contributed by atoms with Gasteiger partial charge in [0.1, 0.15) is 0 Å². The molecule has 0 bridgehead atoms. The second-order valence-corrected chi connectivity index (χ2v) is 5.07. The molecule has 2 N–H and O–H groups in total. The highest BCUT2D eigenvalue weighted by atomic mass is 16.6. The van der Waals surface area contributed by atoms with Gasteiger partial charge in [0.2, 0.25) is 0 Å². The molecule has 0 amide bonds. The second kappa shape index (κ2) is 5.44. The van der Waals surface area contributed by atoms with Gasteiger partial charge in [0, 0.05) is 49.3 Å². The maximum atomic E-state index is 10.9. The smallest absolute Gasteiger partial charge is 0.273 e. The summed E-state index contributed by atoms with van der Waals surface area (Å²) < 4.78 is 5.35. The molecule has 1 aromatic carbocycles. The number of hydrogen-bond donors (Lipinski definition) is 2. The summed E-state index contributed by atoms with van der Waals surface area (Å²) in [7, 11) is 1.75. The summed E-state index contributed by atoms with van der Waals surface area (Å²) in [5.74, 6) is 0. The van der Waals surface area contributed by atoms with E-state index in [1.807, 2.05) is 6.07 Å². The number of rotatable bonds is 4. The Morgan fingerprint density at radius 3 is 2.47 bits per heavy atom. The molecule has 0 spiro atoms. The largest absolute Gasteiger partial charge is 0.388 e. The van der Waals surface area contributed by atoms with Crippen molar-refractivity contribution in [3.63, 3.8) is 0 Å². The van der Waals surface area contributed by atoms with Gasteiger partial charge in [-0.25, -0.2) is 0 Å². The molecule has 1 fully saturated rings. The summed E-state index contributed by atoms with van der Waals surface area (Å²) in [5.41, 5.74) is 1.51. The van der Waals surface area contributed by atoms with Crippen LogP contribution in [0.3, 0.4) is 0 Å². The fraction of sp³-hybridized carbons (Fsp3) is 0.538. The standard InChI is InChI=1S/C13H19N3O3/c1-13(3-5-19-6-4-13)15-11-7-10(14-2)8-12(9-11)16(17)18/h7-9,14-15H,3-6H2,1-2H3. The lowest BCUT2D eigenvalue weighted by Gasteiger charge is -2.35. The Balaban J connectivity index is 2.23. The summed E-state index contributed by atoms with van der Waals surface area (Å²) in [6.45, 7) is 3.56. The van der Waals surface area contributed by atoms with Crippen LogP contribution in [0.15, 0.2) is 18.2 Å². The molecule has 1 aromatic rings. The van der Waals surface area contributed by atoms with E-state index in [1.54, 1.807) is 13.1 Å². The van der Waals surface area contributed by atoms with Crippen LogP contribution in [-0.2, 0) is 4.74 Å². The van der Waals surface area contributed by atoms with Crippen LogP contribution in [0, 0.1) is 10.1 Å². The predicted molar refractivity (Wildman–Crippen MR) is 74.7 cm³/mol. The number of nitro groups is 1. The van der Waals surface area contributed by atoms with E-state index in [4.69, 9.17) is 4.74 Å². The zero-order chi connectivity index (χ0) is 13.9. The van der Waals surface area contributed by atoms with Gasteiger partial charge in [-0.3, -0.25) is 10.1 Å².